The first kappa shape index (κ1) is 19.4. The van der Waals surface area contributed by atoms with Gasteiger partial charge in [-0.1, -0.05) is 43.3 Å². The van der Waals surface area contributed by atoms with Gasteiger partial charge in [0.25, 0.3) is 5.91 Å². The molecule has 3 aromatic rings. The molecule has 0 bridgehead atoms. The zero-order valence-corrected chi connectivity index (χ0v) is 16.2. The van der Waals surface area contributed by atoms with Crippen LogP contribution in [-0.4, -0.2) is 25.1 Å². The van der Waals surface area contributed by atoms with Crippen LogP contribution in [0.3, 0.4) is 0 Å². The van der Waals surface area contributed by atoms with Crippen LogP contribution in [0.2, 0.25) is 0 Å². The van der Waals surface area contributed by atoms with Gasteiger partial charge in [-0.3, -0.25) is 4.79 Å². The van der Waals surface area contributed by atoms with E-state index in [1.807, 2.05) is 49.4 Å². The summed E-state index contributed by atoms with van der Waals surface area (Å²) >= 11 is 0. The number of hydrogen-bond acceptors (Lipinski definition) is 4. The Morgan fingerprint density at radius 3 is 2.46 bits per heavy atom. The lowest BCUT2D eigenvalue weighted by Crippen LogP contribution is -2.32. The highest BCUT2D eigenvalue weighted by Gasteiger charge is 2.21. The average molecular weight is 377 g/mol. The average Bonchev–Trinajstić information content (AvgIpc) is 2.72. The van der Waals surface area contributed by atoms with Crippen LogP contribution in [-0.2, 0) is 9.53 Å². The fourth-order valence-electron chi connectivity index (χ4n) is 3.04. The Morgan fingerprint density at radius 2 is 1.75 bits per heavy atom. The fourth-order valence-corrected chi connectivity index (χ4v) is 3.04. The third-order valence-corrected chi connectivity index (χ3v) is 4.66. The normalized spacial score (nSPS) is 11.7. The van der Waals surface area contributed by atoms with Crippen LogP contribution in [0, 0.1) is 6.92 Å². The molecule has 0 aliphatic carbocycles. The summed E-state index contributed by atoms with van der Waals surface area (Å²) in [7, 11) is 1.33. The summed E-state index contributed by atoms with van der Waals surface area (Å²) in [6.45, 7) is 3.66. The van der Waals surface area contributed by atoms with Crippen molar-refractivity contribution in [2.24, 2.45) is 0 Å². The molecule has 3 aromatic carbocycles. The van der Waals surface area contributed by atoms with Crippen molar-refractivity contribution >= 4 is 28.3 Å². The van der Waals surface area contributed by atoms with Gasteiger partial charge in [-0.2, -0.15) is 0 Å². The van der Waals surface area contributed by atoms with Crippen LogP contribution in [0.1, 0.15) is 29.3 Å². The van der Waals surface area contributed by atoms with Gasteiger partial charge in [-0.25, -0.2) is 4.79 Å². The minimum atomic E-state index is -0.651. The molecule has 0 spiro atoms. The van der Waals surface area contributed by atoms with Gasteiger partial charge in [-0.05, 0) is 53.9 Å². The van der Waals surface area contributed by atoms with E-state index >= 15 is 0 Å². The third-order valence-electron chi connectivity index (χ3n) is 4.66. The number of nitrogens with one attached hydrogen (secondary N) is 1. The van der Waals surface area contributed by atoms with E-state index < -0.39 is 12.1 Å². The smallest absolute Gasteiger partial charge is 0.338 e. The van der Waals surface area contributed by atoms with Gasteiger partial charge in [0.05, 0.1) is 12.7 Å². The van der Waals surface area contributed by atoms with E-state index in [-0.39, 0.29) is 5.91 Å². The molecule has 0 heterocycles. The van der Waals surface area contributed by atoms with Gasteiger partial charge in [0.15, 0.2) is 6.10 Å². The van der Waals surface area contributed by atoms with Gasteiger partial charge in [0.2, 0.25) is 0 Å². The maximum Gasteiger partial charge on any atom is 0.338 e. The first-order chi connectivity index (χ1) is 13.5. The number of ether oxygens (including phenoxy) is 2. The number of amides is 1. The number of anilines is 1. The van der Waals surface area contributed by atoms with Crippen molar-refractivity contribution in [2.45, 2.75) is 26.4 Å². The summed E-state index contributed by atoms with van der Waals surface area (Å²) in [5.41, 5.74) is 1.64. The van der Waals surface area contributed by atoms with Crippen LogP contribution in [0.4, 0.5) is 5.69 Å². The van der Waals surface area contributed by atoms with Gasteiger partial charge in [-0.15, -0.1) is 0 Å². The highest BCUT2D eigenvalue weighted by Crippen LogP contribution is 2.24. The number of esters is 1. The van der Waals surface area contributed by atoms with Crippen molar-refractivity contribution in [3.8, 4) is 5.75 Å². The quantitative estimate of drug-likeness (QED) is 0.631. The largest absolute Gasteiger partial charge is 0.481 e. The van der Waals surface area contributed by atoms with E-state index in [0.29, 0.717) is 29.0 Å². The Balaban J connectivity index is 1.77. The second-order valence-corrected chi connectivity index (χ2v) is 6.48. The van der Waals surface area contributed by atoms with E-state index in [0.717, 1.165) is 10.8 Å². The van der Waals surface area contributed by atoms with E-state index in [1.165, 1.54) is 7.11 Å². The molecular weight excluding hydrogens is 354 g/mol. The van der Waals surface area contributed by atoms with Crippen LogP contribution in [0.15, 0.2) is 60.7 Å². The molecule has 0 aliphatic rings. The number of rotatable bonds is 6. The highest BCUT2D eigenvalue weighted by atomic mass is 16.5. The monoisotopic (exact) mass is 377 g/mol. The lowest BCUT2D eigenvalue weighted by molar-refractivity contribution is -0.122. The van der Waals surface area contributed by atoms with Crippen LogP contribution in [0.25, 0.3) is 10.8 Å². The number of methoxy groups -OCH3 is 1. The molecule has 0 fully saturated rings. The number of carbonyl (C=O) groups is 2. The Hall–Kier alpha value is -3.34. The van der Waals surface area contributed by atoms with Crippen LogP contribution >= 0.6 is 0 Å². The molecule has 0 aliphatic heterocycles. The van der Waals surface area contributed by atoms with Gasteiger partial charge < -0.3 is 14.8 Å². The Labute approximate surface area is 164 Å². The molecule has 1 N–H and O–H groups in total. The second-order valence-electron chi connectivity index (χ2n) is 6.48. The molecule has 144 valence electrons. The van der Waals surface area contributed by atoms with E-state index in [2.05, 4.69) is 5.32 Å². The maximum absolute atomic E-state index is 12.8. The van der Waals surface area contributed by atoms with Crippen molar-refractivity contribution in [3.05, 3.63) is 71.8 Å². The zero-order chi connectivity index (χ0) is 20.1. The predicted molar refractivity (Wildman–Crippen MR) is 110 cm³/mol. The molecule has 28 heavy (non-hydrogen) atoms. The Morgan fingerprint density at radius 1 is 1.00 bits per heavy atom. The molecule has 0 saturated carbocycles. The molecule has 5 heteroatoms. The summed E-state index contributed by atoms with van der Waals surface area (Å²) in [4.78, 5) is 24.6. The molecule has 0 aromatic heterocycles. The van der Waals surface area contributed by atoms with Crippen LogP contribution in [0.5, 0.6) is 5.75 Å². The number of carbonyl (C=O) groups excluding carboxylic acids is 2. The number of fused-ring (bicyclic) bond motifs is 1. The minimum absolute atomic E-state index is 0.263. The highest BCUT2D eigenvalue weighted by molar-refractivity contribution is 5.98. The molecule has 1 amide bonds. The summed E-state index contributed by atoms with van der Waals surface area (Å²) in [5, 5.41) is 5.03. The van der Waals surface area contributed by atoms with Crippen molar-refractivity contribution in [3.63, 3.8) is 0 Å². The molecular formula is C23H23NO4. The Bertz CT molecular complexity index is 1010. The molecule has 1 atom stereocenters. The van der Waals surface area contributed by atoms with Crippen molar-refractivity contribution in [1.82, 2.24) is 0 Å². The molecule has 5 nitrogen and oxygen atoms in total. The standard InChI is InChI=1S/C23H23NO4/c1-4-21(28-18-13-12-16-8-5-6-9-17(16)14-18)22(25)24-20-11-7-10-19(15(20)2)23(26)27-3/h5-14,21H,4H2,1-3H3,(H,24,25)/t21-/m0/s1. The molecule has 0 unspecified atom stereocenters. The number of benzene rings is 3. The van der Waals surface area contributed by atoms with Crippen molar-refractivity contribution < 1.29 is 19.1 Å². The van der Waals surface area contributed by atoms with E-state index in [4.69, 9.17) is 9.47 Å². The zero-order valence-electron chi connectivity index (χ0n) is 16.2. The van der Waals surface area contributed by atoms with Gasteiger partial charge >= 0.3 is 5.97 Å². The molecule has 0 saturated heterocycles. The maximum atomic E-state index is 12.8. The number of hydrogen-bond donors (Lipinski definition) is 1. The lowest BCUT2D eigenvalue weighted by Gasteiger charge is -2.19. The lowest BCUT2D eigenvalue weighted by atomic mass is 10.1. The first-order valence-electron chi connectivity index (χ1n) is 9.17. The van der Waals surface area contributed by atoms with Gasteiger partial charge in [0.1, 0.15) is 5.75 Å². The van der Waals surface area contributed by atoms with Gasteiger partial charge in [0, 0.05) is 5.69 Å². The summed E-state index contributed by atoms with van der Waals surface area (Å²) in [6, 6.07) is 18.9. The summed E-state index contributed by atoms with van der Waals surface area (Å²) < 4.78 is 10.7. The first-order valence-corrected chi connectivity index (χ1v) is 9.17. The van der Waals surface area contributed by atoms with E-state index in [1.54, 1.807) is 25.1 Å². The third kappa shape index (κ3) is 4.14. The van der Waals surface area contributed by atoms with Crippen LogP contribution < -0.4 is 10.1 Å². The second kappa shape index (κ2) is 8.57. The van der Waals surface area contributed by atoms with Crippen molar-refractivity contribution in [2.75, 3.05) is 12.4 Å². The topological polar surface area (TPSA) is 64.6 Å². The molecule has 3 rings (SSSR count). The Kier molecular flexibility index (Phi) is 5.94. The fraction of sp³-hybridized carbons (Fsp3) is 0.217. The minimum Gasteiger partial charge on any atom is -0.481 e. The van der Waals surface area contributed by atoms with Crippen molar-refractivity contribution in [1.29, 1.82) is 0 Å². The summed E-state index contributed by atoms with van der Waals surface area (Å²) in [6.07, 6.45) is -0.142. The van der Waals surface area contributed by atoms with E-state index in [9.17, 15) is 9.59 Å². The SMILES string of the molecule is CC[C@H](Oc1ccc2ccccc2c1)C(=O)Nc1cccc(C(=O)OC)c1C. The molecule has 0 radical (unpaired) electrons. The summed E-state index contributed by atoms with van der Waals surface area (Å²) in [5.74, 6) is -0.0606. The predicted octanol–water partition coefficient (Wildman–Crippen LogP) is 4.73.